The minimum Gasteiger partial charge on any atom is -0.618 e. The van der Waals surface area contributed by atoms with Crippen LogP contribution < -0.4 is 14.2 Å². The van der Waals surface area contributed by atoms with Crippen LogP contribution in [0.15, 0.2) is 42.5 Å². The van der Waals surface area contributed by atoms with Crippen LogP contribution in [0.1, 0.15) is 114 Å². The van der Waals surface area contributed by atoms with Crippen LogP contribution in [-0.4, -0.2) is 0 Å². The quantitative estimate of drug-likeness (QED) is 0.267. The van der Waals surface area contributed by atoms with Crippen LogP contribution in [0.25, 0.3) is 22.8 Å². The molecule has 0 saturated heterocycles. The monoisotopic (exact) mass is 553 g/mol. The molecule has 216 valence electrons. The summed E-state index contributed by atoms with van der Waals surface area (Å²) in [6.45, 7) is 18.1. The minimum atomic E-state index is 0.152. The van der Waals surface area contributed by atoms with Gasteiger partial charge in [0.1, 0.15) is 0 Å². The molecule has 3 aromatic heterocycles. The number of aromatic nitrogens is 3. The third-order valence-electron chi connectivity index (χ3n) is 12.2. The number of hydrogen-bond donors (Lipinski definition) is 0. The molecule has 4 bridgehead atoms. The lowest BCUT2D eigenvalue weighted by molar-refractivity contribution is -0.641. The first-order chi connectivity index (χ1) is 19.3. The fraction of sp³-hybridized carbons (Fsp3) is 0.571. The van der Waals surface area contributed by atoms with Crippen molar-refractivity contribution in [3.05, 3.63) is 80.6 Å². The topological polar surface area (TPSA) is 80.8 Å². The lowest BCUT2D eigenvalue weighted by Gasteiger charge is -2.59. The molecular weight excluding hydrogens is 510 g/mol. The predicted octanol–water partition coefficient (Wildman–Crippen LogP) is 6.69. The molecule has 3 heterocycles. The zero-order valence-corrected chi connectivity index (χ0v) is 25.6. The highest BCUT2D eigenvalue weighted by molar-refractivity contribution is 5.55. The smallest absolute Gasteiger partial charge is 0.290 e. The third-order valence-corrected chi connectivity index (χ3v) is 12.2. The maximum atomic E-state index is 14.1. The first-order valence-corrected chi connectivity index (χ1v) is 15.5. The Morgan fingerprint density at radius 1 is 0.585 bits per heavy atom. The largest absolute Gasteiger partial charge is 0.618 e. The molecule has 0 radical (unpaired) electrons. The third kappa shape index (κ3) is 3.28. The number of rotatable bonds is 4. The Kier molecular flexibility index (Phi) is 5.51. The Hall–Kier alpha value is -3.15. The van der Waals surface area contributed by atoms with Crippen molar-refractivity contribution in [3.63, 3.8) is 0 Å². The van der Waals surface area contributed by atoms with Crippen molar-refractivity contribution in [2.24, 2.45) is 34.5 Å². The van der Waals surface area contributed by atoms with Gasteiger partial charge >= 0.3 is 0 Å². The maximum Gasteiger partial charge on any atom is 0.290 e. The van der Waals surface area contributed by atoms with Gasteiger partial charge in [0.2, 0.25) is 11.4 Å². The first kappa shape index (κ1) is 26.7. The Morgan fingerprint density at radius 2 is 0.951 bits per heavy atom. The molecule has 3 aromatic rings. The minimum absolute atomic E-state index is 0.152. The van der Waals surface area contributed by atoms with E-state index in [-0.39, 0.29) is 34.1 Å². The molecule has 6 nitrogen and oxygen atoms in total. The van der Waals surface area contributed by atoms with Gasteiger partial charge in [-0.1, -0.05) is 55.4 Å². The number of pyridine rings is 3. The van der Waals surface area contributed by atoms with E-state index in [4.69, 9.17) is 0 Å². The van der Waals surface area contributed by atoms with Crippen molar-refractivity contribution in [1.82, 2.24) is 0 Å². The second-order valence-electron chi connectivity index (χ2n) is 15.3. The van der Waals surface area contributed by atoms with E-state index >= 15 is 0 Å². The molecular formula is C35H43N3O3. The van der Waals surface area contributed by atoms with E-state index in [9.17, 15) is 15.6 Å². The molecule has 2 saturated carbocycles. The summed E-state index contributed by atoms with van der Waals surface area (Å²) in [5.74, 6) is 2.61. The number of hydrogen-bond acceptors (Lipinski definition) is 3. The Bertz CT molecular complexity index is 1480. The highest BCUT2D eigenvalue weighted by atomic mass is 16.5. The van der Waals surface area contributed by atoms with Crippen molar-refractivity contribution in [2.45, 2.75) is 91.9 Å². The van der Waals surface area contributed by atoms with Gasteiger partial charge in [0.25, 0.3) is 22.8 Å². The summed E-state index contributed by atoms with van der Waals surface area (Å²) in [5, 5.41) is 42.2. The van der Waals surface area contributed by atoms with Crippen LogP contribution in [0.5, 0.6) is 0 Å². The van der Waals surface area contributed by atoms with Crippen LogP contribution in [0.2, 0.25) is 0 Å². The highest BCUT2D eigenvalue weighted by Crippen LogP contribution is 2.68. The van der Waals surface area contributed by atoms with Crippen molar-refractivity contribution in [3.8, 4) is 22.8 Å². The van der Waals surface area contributed by atoms with Crippen LogP contribution in [0.3, 0.4) is 0 Å². The summed E-state index contributed by atoms with van der Waals surface area (Å²) in [6, 6.07) is 13.0. The summed E-state index contributed by atoms with van der Waals surface area (Å²) in [4.78, 5) is 0. The SMILES string of the molecule is CC(C)[C@@H]1c2c(ccc(-c3cccc(-c4ccc5c([n+]4[O-])[C@@H](C(C)C)[C@H]4C[C@@H]5C4(C)C)[n+]3[O-])[n+]2[O-])[C@@H]2C[C@H]1C2(C)C. The number of nitrogens with zero attached hydrogens (tertiary/aromatic N) is 3. The molecule has 2 fully saturated rings. The molecule has 6 heteroatoms. The van der Waals surface area contributed by atoms with Gasteiger partial charge in [-0.2, -0.15) is 14.2 Å². The predicted molar refractivity (Wildman–Crippen MR) is 159 cm³/mol. The second kappa shape index (κ2) is 8.45. The summed E-state index contributed by atoms with van der Waals surface area (Å²) in [7, 11) is 0. The fourth-order valence-electron chi connectivity index (χ4n) is 9.77. The summed E-state index contributed by atoms with van der Waals surface area (Å²) in [6.07, 6.45) is 2.24. The zero-order valence-electron chi connectivity index (χ0n) is 25.6. The Labute approximate surface area is 243 Å². The van der Waals surface area contributed by atoms with Gasteiger partial charge in [-0.05, 0) is 77.4 Å². The average molecular weight is 554 g/mol. The van der Waals surface area contributed by atoms with Gasteiger partial charge in [-0.15, -0.1) is 0 Å². The molecule has 0 amide bonds. The molecule has 6 atom stereocenters. The van der Waals surface area contributed by atoms with Crippen LogP contribution in [0.4, 0.5) is 0 Å². The van der Waals surface area contributed by atoms with Crippen molar-refractivity contribution in [2.75, 3.05) is 0 Å². The van der Waals surface area contributed by atoms with Crippen LogP contribution in [0, 0.1) is 50.1 Å². The maximum absolute atomic E-state index is 14.1. The summed E-state index contributed by atoms with van der Waals surface area (Å²) < 4.78 is 2.86. The van der Waals surface area contributed by atoms with Gasteiger partial charge in [0, 0.05) is 35.4 Å². The summed E-state index contributed by atoms with van der Waals surface area (Å²) in [5.41, 5.74) is 5.54. The van der Waals surface area contributed by atoms with E-state index in [1.54, 1.807) is 18.2 Å². The van der Waals surface area contributed by atoms with E-state index < -0.39 is 0 Å². The molecule has 0 spiro atoms. The zero-order chi connectivity index (χ0) is 29.3. The molecule has 0 aliphatic heterocycles. The lowest BCUT2D eigenvalue weighted by Crippen LogP contribution is -2.57. The standard InChI is InChI=1S/C35H43N3O3/c1-18(2)30-24-16-22(34(24,5)6)20-12-14-28(37(40)32(20)30)26-10-9-11-27(36(26)39)29-15-13-21-23-17-25(35(23,7)8)31(19(3)4)33(21)38(29)41/h9-15,18-19,22-25,30-31H,16-17H2,1-8H3/t22-,23-,24+,25+,30-,31-/m0/s1. The molecule has 0 N–H and O–H groups in total. The van der Waals surface area contributed by atoms with Crippen molar-refractivity contribution >= 4 is 0 Å². The summed E-state index contributed by atoms with van der Waals surface area (Å²) >= 11 is 0. The lowest BCUT2D eigenvalue weighted by atomic mass is 9.43. The van der Waals surface area contributed by atoms with Crippen LogP contribution in [-0.2, 0) is 0 Å². The molecule has 6 aliphatic carbocycles. The van der Waals surface area contributed by atoms with E-state index in [1.807, 2.05) is 12.1 Å². The van der Waals surface area contributed by atoms with E-state index in [1.165, 1.54) is 0 Å². The van der Waals surface area contributed by atoms with E-state index in [0.29, 0.717) is 46.9 Å². The Balaban J connectivity index is 1.36. The molecule has 6 aliphatic rings. The van der Waals surface area contributed by atoms with Crippen LogP contribution >= 0.6 is 0 Å². The fourth-order valence-corrected chi connectivity index (χ4v) is 9.77. The van der Waals surface area contributed by atoms with Crippen molar-refractivity contribution in [1.29, 1.82) is 0 Å². The van der Waals surface area contributed by atoms with Gasteiger partial charge < -0.3 is 15.6 Å². The molecule has 9 rings (SSSR count). The van der Waals surface area contributed by atoms with E-state index in [2.05, 4.69) is 67.5 Å². The van der Waals surface area contributed by atoms with Crippen molar-refractivity contribution < 1.29 is 14.2 Å². The van der Waals surface area contributed by atoms with E-state index in [0.717, 1.165) is 49.5 Å². The van der Waals surface area contributed by atoms with Gasteiger partial charge in [-0.25, -0.2) is 0 Å². The van der Waals surface area contributed by atoms with Gasteiger partial charge in [0.05, 0.1) is 11.8 Å². The molecule has 0 aromatic carbocycles. The van der Waals surface area contributed by atoms with Gasteiger partial charge in [0.15, 0.2) is 0 Å². The molecule has 0 unspecified atom stereocenters. The molecule has 41 heavy (non-hydrogen) atoms. The Morgan fingerprint density at radius 3 is 1.29 bits per heavy atom. The normalized spacial score (nSPS) is 29.9. The highest BCUT2D eigenvalue weighted by Gasteiger charge is 2.62. The average Bonchev–Trinajstić information content (AvgIpc) is 2.92. The van der Waals surface area contributed by atoms with Gasteiger partial charge in [-0.3, -0.25) is 0 Å². The second-order valence-corrected chi connectivity index (χ2v) is 15.3. The first-order valence-electron chi connectivity index (χ1n) is 15.5.